The van der Waals surface area contributed by atoms with Crippen molar-refractivity contribution in [2.75, 3.05) is 0 Å². The van der Waals surface area contributed by atoms with E-state index in [0.29, 0.717) is 16.7 Å². The Morgan fingerprint density at radius 2 is 1.73 bits per heavy atom. The zero-order chi connectivity index (χ0) is 16.1. The SMILES string of the molecule is Cc1c(F)cccc1C=CC(=O)c1ccc(C(=O)NO)cc1. The predicted molar refractivity (Wildman–Crippen MR) is 80.2 cm³/mol. The molecule has 0 bridgehead atoms. The molecule has 0 saturated carbocycles. The highest BCUT2D eigenvalue weighted by molar-refractivity contribution is 6.07. The van der Waals surface area contributed by atoms with Crippen molar-refractivity contribution in [2.45, 2.75) is 6.92 Å². The molecule has 0 heterocycles. The summed E-state index contributed by atoms with van der Waals surface area (Å²) in [7, 11) is 0. The van der Waals surface area contributed by atoms with Gasteiger partial charge >= 0.3 is 0 Å². The number of benzene rings is 2. The number of hydrogen-bond acceptors (Lipinski definition) is 3. The predicted octanol–water partition coefficient (Wildman–Crippen LogP) is 3.15. The zero-order valence-electron chi connectivity index (χ0n) is 11.8. The molecule has 0 atom stereocenters. The van der Waals surface area contributed by atoms with E-state index in [1.54, 1.807) is 25.1 Å². The first kappa shape index (κ1) is 15.6. The fourth-order valence-electron chi connectivity index (χ4n) is 1.92. The molecule has 2 N–H and O–H groups in total. The van der Waals surface area contributed by atoms with Crippen molar-refractivity contribution >= 4 is 17.8 Å². The van der Waals surface area contributed by atoms with Gasteiger partial charge < -0.3 is 0 Å². The molecule has 0 unspecified atom stereocenters. The van der Waals surface area contributed by atoms with Crippen LogP contribution in [0.4, 0.5) is 4.39 Å². The van der Waals surface area contributed by atoms with Crippen LogP contribution in [-0.4, -0.2) is 16.9 Å². The van der Waals surface area contributed by atoms with Gasteiger partial charge in [-0.3, -0.25) is 14.8 Å². The number of carbonyl (C=O) groups excluding carboxylic acids is 2. The third kappa shape index (κ3) is 3.45. The van der Waals surface area contributed by atoms with Crippen LogP contribution in [0.1, 0.15) is 31.8 Å². The molecule has 2 aromatic carbocycles. The minimum atomic E-state index is -0.648. The molecule has 0 radical (unpaired) electrons. The van der Waals surface area contributed by atoms with E-state index in [-0.39, 0.29) is 17.2 Å². The highest BCUT2D eigenvalue weighted by Gasteiger charge is 2.07. The first-order valence-corrected chi connectivity index (χ1v) is 6.55. The summed E-state index contributed by atoms with van der Waals surface area (Å²) < 4.78 is 13.4. The highest BCUT2D eigenvalue weighted by Crippen LogP contribution is 2.14. The van der Waals surface area contributed by atoms with Crippen LogP contribution in [0.2, 0.25) is 0 Å². The highest BCUT2D eigenvalue weighted by atomic mass is 19.1. The Hall–Kier alpha value is -2.79. The number of nitrogens with one attached hydrogen (secondary N) is 1. The van der Waals surface area contributed by atoms with Crippen LogP contribution < -0.4 is 5.48 Å². The van der Waals surface area contributed by atoms with Gasteiger partial charge in [0.05, 0.1) is 0 Å². The largest absolute Gasteiger partial charge is 0.289 e. The minimum Gasteiger partial charge on any atom is -0.289 e. The lowest BCUT2D eigenvalue weighted by Gasteiger charge is -2.02. The number of hydrogen-bond donors (Lipinski definition) is 2. The summed E-state index contributed by atoms with van der Waals surface area (Å²) in [6, 6.07) is 10.5. The maximum absolute atomic E-state index is 13.4. The zero-order valence-corrected chi connectivity index (χ0v) is 11.8. The van der Waals surface area contributed by atoms with Gasteiger partial charge in [-0.05, 0) is 42.3 Å². The maximum Gasteiger partial charge on any atom is 0.274 e. The van der Waals surface area contributed by atoms with Gasteiger partial charge in [0, 0.05) is 11.1 Å². The second-order valence-corrected chi connectivity index (χ2v) is 4.67. The number of amides is 1. The Labute approximate surface area is 126 Å². The monoisotopic (exact) mass is 299 g/mol. The van der Waals surface area contributed by atoms with Gasteiger partial charge in [0.2, 0.25) is 0 Å². The molecule has 0 aromatic heterocycles. The summed E-state index contributed by atoms with van der Waals surface area (Å²) in [5.74, 6) is -1.24. The van der Waals surface area contributed by atoms with Crippen LogP contribution in [0.3, 0.4) is 0 Å². The summed E-state index contributed by atoms with van der Waals surface area (Å²) >= 11 is 0. The molecular formula is C17H14FNO3. The standard InChI is InChI=1S/C17H14FNO3/c1-11-12(3-2-4-15(11)18)9-10-16(20)13-5-7-14(8-6-13)17(21)19-22/h2-10,22H,1H3,(H,19,21). The van der Waals surface area contributed by atoms with Crippen molar-refractivity contribution in [3.8, 4) is 0 Å². The molecule has 112 valence electrons. The second kappa shape index (κ2) is 6.78. The molecule has 0 spiro atoms. The molecule has 2 rings (SSSR count). The van der Waals surface area contributed by atoms with Crippen LogP contribution >= 0.6 is 0 Å². The summed E-state index contributed by atoms with van der Waals surface area (Å²) in [6.07, 6.45) is 2.90. The van der Waals surface area contributed by atoms with E-state index >= 15 is 0 Å². The van der Waals surface area contributed by atoms with E-state index < -0.39 is 5.91 Å². The van der Waals surface area contributed by atoms with E-state index in [2.05, 4.69) is 0 Å². The van der Waals surface area contributed by atoms with Crippen molar-refractivity contribution in [1.29, 1.82) is 0 Å². The molecule has 4 nitrogen and oxygen atoms in total. The Morgan fingerprint density at radius 1 is 1.09 bits per heavy atom. The van der Waals surface area contributed by atoms with Crippen LogP contribution in [0.25, 0.3) is 6.08 Å². The minimum absolute atomic E-state index is 0.240. The molecule has 5 heteroatoms. The number of allylic oxidation sites excluding steroid dienone is 1. The summed E-state index contributed by atoms with van der Waals surface area (Å²) in [5.41, 5.74) is 3.25. The van der Waals surface area contributed by atoms with Gasteiger partial charge in [-0.25, -0.2) is 9.87 Å². The van der Waals surface area contributed by atoms with Crippen molar-refractivity contribution < 1.29 is 19.2 Å². The summed E-state index contributed by atoms with van der Waals surface area (Å²) in [4.78, 5) is 23.2. The summed E-state index contributed by atoms with van der Waals surface area (Å²) in [5, 5.41) is 8.52. The fraction of sp³-hybridized carbons (Fsp3) is 0.0588. The molecule has 2 aromatic rings. The number of ketones is 1. The van der Waals surface area contributed by atoms with E-state index in [9.17, 15) is 14.0 Å². The van der Waals surface area contributed by atoms with E-state index in [4.69, 9.17) is 5.21 Å². The molecular weight excluding hydrogens is 285 g/mol. The van der Waals surface area contributed by atoms with Crippen molar-refractivity contribution in [3.05, 3.63) is 76.6 Å². The molecule has 0 saturated heterocycles. The maximum atomic E-state index is 13.4. The van der Waals surface area contributed by atoms with E-state index in [1.165, 1.54) is 41.9 Å². The molecule has 22 heavy (non-hydrogen) atoms. The normalized spacial score (nSPS) is 10.7. The smallest absolute Gasteiger partial charge is 0.274 e. The van der Waals surface area contributed by atoms with Crippen LogP contribution in [0, 0.1) is 12.7 Å². The Bertz CT molecular complexity index is 736. The first-order chi connectivity index (χ1) is 10.5. The number of carbonyl (C=O) groups is 2. The molecule has 0 aliphatic carbocycles. The Kier molecular flexibility index (Phi) is 4.80. The Balaban J connectivity index is 2.17. The van der Waals surface area contributed by atoms with Gasteiger partial charge in [0.15, 0.2) is 5.78 Å². The van der Waals surface area contributed by atoms with Gasteiger partial charge in [-0.2, -0.15) is 0 Å². The lowest BCUT2D eigenvalue weighted by atomic mass is 10.0. The molecule has 0 fully saturated rings. The van der Waals surface area contributed by atoms with Crippen molar-refractivity contribution in [2.24, 2.45) is 0 Å². The topological polar surface area (TPSA) is 66.4 Å². The lowest BCUT2D eigenvalue weighted by Crippen LogP contribution is -2.18. The number of hydroxylamine groups is 1. The van der Waals surface area contributed by atoms with Gasteiger partial charge in [-0.15, -0.1) is 0 Å². The molecule has 0 aliphatic rings. The van der Waals surface area contributed by atoms with Crippen LogP contribution in [0.15, 0.2) is 48.5 Å². The number of halogens is 1. The van der Waals surface area contributed by atoms with Crippen LogP contribution in [0.5, 0.6) is 0 Å². The second-order valence-electron chi connectivity index (χ2n) is 4.67. The van der Waals surface area contributed by atoms with Gasteiger partial charge in [-0.1, -0.05) is 30.3 Å². The van der Waals surface area contributed by atoms with Crippen molar-refractivity contribution in [3.63, 3.8) is 0 Å². The van der Waals surface area contributed by atoms with Crippen LogP contribution in [-0.2, 0) is 0 Å². The third-order valence-electron chi connectivity index (χ3n) is 3.26. The quantitative estimate of drug-likeness (QED) is 0.394. The lowest BCUT2D eigenvalue weighted by molar-refractivity contribution is 0.0706. The van der Waals surface area contributed by atoms with E-state index in [0.717, 1.165) is 0 Å². The Morgan fingerprint density at radius 3 is 2.36 bits per heavy atom. The van der Waals surface area contributed by atoms with Gasteiger partial charge in [0.1, 0.15) is 5.82 Å². The number of rotatable bonds is 4. The average Bonchev–Trinajstić information content (AvgIpc) is 2.55. The van der Waals surface area contributed by atoms with Gasteiger partial charge in [0.25, 0.3) is 5.91 Å². The fourth-order valence-corrected chi connectivity index (χ4v) is 1.92. The average molecular weight is 299 g/mol. The van der Waals surface area contributed by atoms with E-state index in [1.807, 2.05) is 0 Å². The third-order valence-corrected chi connectivity index (χ3v) is 3.26. The first-order valence-electron chi connectivity index (χ1n) is 6.55. The van der Waals surface area contributed by atoms with Crippen molar-refractivity contribution in [1.82, 2.24) is 5.48 Å². The molecule has 1 amide bonds. The molecule has 0 aliphatic heterocycles. The summed E-state index contributed by atoms with van der Waals surface area (Å²) in [6.45, 7) is 1.64.